The molecule has 1 amide bonds. The maximum atomic E-state index is 12.1. The third kappa shape index (κ3) is 4.08. The number of amides is 1. The van der Waals surface area contributed by atoms with Crippen LogP contribution in [0.1, 0.15) is 29.2 Å². The molecule has 6 nitrogen and oxygen atoms in total. The van der Waals surface area contributed by atoms with Gasteiger partial charge in [0.15, 0.2) is 10.0 Å². The van der Waals surface area contributed by atoms with Crippen molar-refractivity contribution in [3.8, 4) is 10.0 Å². The van der Waals surface area contributed by atoms with Crippen molar-refractivity contribution in [1.29, 1.82) is 0 Å². The zero-order chi connectivity index (χ0) is 15.4. The summed E-state index contributed by atoms with van der Waals surface area (Å²) in [4.78, 5) is 32.0. The van der Waals surface area contributed by atoms with Crippen molar-refractivity contribution in [2.24, 2.45) is 5.92 Å². The fourth-order valence-corrected chi connectivity index (χ4v) is 3.65. The number of nitrogens with one attached hydrogen (secondary N) is 1. The van der Waals surface area contributed by atoms with Crippen LogP contribution in [-0.2, 0) is 11.2 Å². The molecule has 0 radical (unpaired) electrons. The summed E-state index contributed by atoms with van der Waals surface area (Å²) in [6.45, 7) is 3.70. The lowest BCUT2D eigenvalue weighted by Crippen LogP contribution is -2.30. The Hall–Kier alpha value is -1.80. The van der Waals surface area contributed by atoms with Gasteiger partial charge in [0.05, 0.1) is 0 Å². The van der Waals surface area contributed by atoms with Crippen molar-refractivity contribution in [3.63, 3.8) is 0 Å². The third-order valence-electron chi connectivity index (χ3n) is 2.52. The second kappa shape index (κ2) is 6.77. The predicted octanol–water partition coefficient (Wildman–Crippen LogP) is 2.28. The molecule has 0 aliphatic heterocycles. The van der Waals surface area contributed by atoms with Crippen molar-refractivity contribution in [2.45, 2.75) is 20.3 Å². The molecule has 21 heavy (non-hydrogen) atoms. The summed E-state index contributed by atoms with van der Waals surface area (Å²) < 4.78 is 0. The Morgan fingerprint density at radius 1 is 1.38 bits per heavy atom. The normalized spacial score (nSPS) is 10.8. The molecular weight excluding hydrogens is 310 g/mol. The number of carboxylic acids is 1. The van der Waals surface area contributed by atoms with E-state index in [4.69, 9.17) is 5.11 Å². The lowest BCUT2D eigenvalue weighted by Gasteiger charge is -2.04. The van der Waals surface area contributed by atoms with E-state index in [9.17, 15) is 9.59 Å². The highest BCUT2D eigenvalue weighted by Crippen LogP contribution is 2.31. The van der Waals surface area contributed by atoms with Crippen LogP contribution in [0.2, 0.25) is 0 Å². The number of aromatic nitrogens is 2. The summed E-state index contributed by atoms with van der Waals surface area (Å²) >= 11 is 2.89. The van der Waals surface area contributed by atoms with Gasteiger partial charge in [-0.2, -0.15) is 0 Å². The first-order valence-electron chi connectivity index (χ1n) is 6.37. The molecule has 0 saturated heterocycles. The van der Waals surface area contributed by atoms with Crippen LogP contribution in [0.3, 0.4) is 0 Å². The van der Waals surface area contributed by atoms with Gasteiger partial charge in [-0.25, -0.2) is 9.97 Å². The van der Waals surface area contributed by atoms with Crippen molar-refractivity contribution in [1.82, 2.24) is 15.3 Å². The molecule has 2 aromatic rings. The van der Waals surface area contributed by atoms with Crippen LogP contribution in [0.15, 0.2) is 11.6 Å². The van der Waals surface area contributed by atoms with E-state index < -0.39 is 18.4 Å². The molecule has 8 heteroatoms. The highest BCUT2D eigenvalue weighted by molar-refractivity contribution is 7.20. The summed E-state index contributed by atoms with van der Waals surface area (Å²) in [7, 11) is 0. The monoisotopic (exact) mass is 325 g/mol. The van der Waals surface area contributed by atoms with Gasteiger partial charge in [0, 0.05) is 16.5 Å². The number of thiazole rings is 2. The molecule has 0 fully saturated rings. The molecule has 0 aliphatic rings. The average molecular weight is 325 g/mol. The van der Waals surface area contributed by atoms with E-state index in [0.29, 0.717) is 16.6 Å². The summed E-state index contributed by atoms with van der Waals surface area (Å²) in [5.74, 6) is -1.16. The van der Waals surface area contributed by atoms with Gasteiger partial charge in [-0.3, -0.25) is 9.59 Å². The second-order valence-electron chi connectivity index (χ2n) is 4.80. The Morgan fingerprint density at radius 2 is 2.14 bits per heavy atom. The smallest absolute Gasteiger partial charge is 0.322 e. The first kappa shape index (κ1) is 15.6. The van der Waals surface area contributed by atoms with Gasteiger partial charge < -0.3 is 10.4 Å². The predicted molar refractivity (Wildman–Crippen MR) is 81.7 cm³/mol. The summed E-state index contributed by atoms with van der Waals surface area (Å²) in [5, 5.41) is 14.3. The van der Waals surface area contributed by atoms with Crippen molar-refractivity contribution in [2.75, 3.05) is 6.54 Å². The lowest BCUT2D eigenvalue weighted by molar-refractivity contribution is -0.135. The zero-order valence-electron chi connectivity index (χ0n) is 11.6. The highest BCUT2D eigenvalue weighted by Gasteiger charge is 2.20. The van der Waals surface area contributed by atoms with Crippen LogP contribution < -0.4 is 5.32 Å². The first-order chi connectivity index (χ1) is 9.97. The molecule has 0 saturated carbocycles. The molecule has 0 bridgehead atoms. The van der Waals surface area contributed by atoms with Gasteiger partial charge in [0.2, 0.25) is 0 Å². The Labute approximate surface area is 129 Å². The molecule has 0 aliphatic carbocycles. The molecule has 2 aromatic heterocycles. The van der Waals surface area contributed by atoms with E-state index in [0.717, 1.165) is 16.3 Å². The molecule has 2 heterocycles. The zero-order valence-corrected chi connectivity index (χ0v) is 13.3. The van der Waals surface area contributed by atoms with Gasteiger partial charge in [0.25, 0.3) is 5.91 Å². The summed E-state index contributed by atoms with van der Waals surface area (Å²) in [6.07, 6.45) is 2.41. The topological polar surface area (TPSA) is 92.2 Å². The van der Waals surface area contributed by atoms with Crippen LogP contribution in [0.5, 0.6) is 0 Å². The van der Waals surface area contributed by atoms with Gasteiger partial charge in [-0.1, -0.05) is 13.8 Å². The number of carboxylic acid groups (broad SMARTS) is 1. The van der Waals surface area contributed by atoms with Crippen molar-refractivity contribution in [3.05, 3.63) is 22.1 Å². The Kier molecular flexibility index (Phi) is 5.03. The number of hydrogen-bond acceptors (Lipinski definition) is 6. The summed E-state index contributed by atoms with van der Waals surface area (Å²) in [5.41, 5.74) is 0.306. The number of rotatable bonds is 6. The number of nitrogens with zero attached hydrogens (tertiary/aromatic N) is 2. The lowest BCUT2D eigenvalue weighted by atomic mass is 10.1. The minimum Gasteiger partial charge on any atom is -0.480 e. The van der Waals surface area contributed by atoms with Gasteiger partial charge in [0.1, 0.15) is 12.2 Å². The minimum atomic E-state index is -1.08. The van der Waals surface area contributed by atoms with Crippen LogP contribution in [0.4, 0.5) is 0 Å². The fourth-order valence-electron chi connectivity index (χ4n) is 1.70. The largest absolute Gasteiger partial charge is 0.480 e. The Morgan fingerprint density at radius 3 is 2.71 bits per heavy atom. The van der Waals surface area contributed by atoms with Gasteiger partial charge >= 0.3 is 5.97 Å². The molecule has 112 valence electrons. The van der Waals surface area contributed by atoms with E-state index in [2.05, 4.69) is 29.1 Å². The first-order valence-corrected chi connectivity index (χ1v) is 8.06. The minimum absolute atomic E-state index is 0.306. The Bertz CT molecular complexity index is 635. The van der Waals surface area contributed by atoms with E-state index in [1.54, 1.807) is 6.20 Å². The van der Waals surface area contributed by atoms with Crippen LogP contribution in [-0.4, -0.2) is 33.5 Å². The Balaban J connectivity index is 2.28. The van der Waals surface area contributed by atoms with Crippen molar-refractivity contribution >= 4 is 34.6 Å². The van der Waals surface area contributed by atoms with E-state index in [1.807, 2.05) is 5.38 Å². The SMILES string of the molecule is CC(C)Cc1sc(-c2nccs2)nc1C(=O)NCC(=O)O. The maximum absolute atomic E-state index is 12.1. The second-order valence-corrected chi connectivity index (χ2v) is 6.78. The molecule has 0 unspecified atom stereocenters. The average Bonchev–Trinajstić information content (AvgIpc) is 3.03. The standard InChI is InChI=1S/C13H15N3O3S2/c1-7(2)5-8-10(11(19)15-6-9(17)18)16-13(21-8)12-14-3-4-20-12/h3-4,7H,5-6H2,1-2H3,(H,15,19)(H,17,18). The molecule has 0 spiro atoms. The quantitative estimate of drug-likeness (QED) is 0.850. The van der Waals surface area contributed by atoms with Crippen LogP contribution in [0, 0.1) is 5.92 Å². The molecule has 2 N–H and O–H groups in total. The van der Waals surface area contributed by atoms with E-state index in [1.165, 1.54) is 22.7 Å². The van der Waals surface area contributed by atoms with E-state index >= 15 is 0 Å². The number of carbonyl (C=O) groups excluding carboxylic acids is 1. The van der Waals surface area contributed by atoms with Crippen LogP contribution >= 0.6 is 22.7 Å². The molecule has 0 aromatic carbocycles. The number of aliphatic carboxylic acids is 1. The fraction of sp³-hybridized carbons (Fsp3) is 0.385. The van der Waals surface area contributed by atoms with Gasteiger partial charge in [-0.15, -0.1) is 22.7 Å². The number of carbonyl (C=O) groups is 2. The van der Waals surface area contributed by atoms with E-state index in [-0.39, 0.29) is 0 Å². The molecule has 0 atom stereocenters. The maximum Gasteiger partial charge on any atom is 0.322 e. The summed E-state index contributed by atoms with van der Waals surface area (Å²) in [6, 6.07) is 0. The van der Waals surface area contributed by atoms with Gasteiger partial charge in [-0.05, 0) is 12.3 Å². The third-order valence-corrected chi connectivity index (χ3v) is 4.51. The molecular formula is C13H15N3O3S2. The van der Waals surface area contributed by atoms with Crippen LogP contribution in [0.25, 0.3) is 10.0 Å². The highest BCUT2D eigenvalue weighted by atomic mass is 32.1. The number of hydrogen-bond donors (Lipinski definition) is 2. The molecule has 2 rings (SSSR count). The van der Waals surface area contributed by atoms with Crippen molar-refractivity contribution < 1.29 is 14.7 Å².